The van der Waals surface area contributed by atoms with Gasteiger partial charge in [0.1, 0.15) is 6.04 Å². The summed E-state index contributed by atoms with van der Waals surface area (Å²) in [6.45, 7) is 0.340. The second-order valence-electron chi connectivity index (χ2n) is 7.22. The quantitative estimate of drug-likeness (QED) is 0.629. The van der Waals surface area contributed by atoms with Gasteiger partial charge in [0.25, 0.3) is 0 Å². The van der Waals surface area contributed by atoms with Crippen molar-refractivity contribution in [2.45, 2.75) is 36.6 Å². The fourth-order valence-corrected chi connectivity index (χ4v) is 6.14. The van der Waals surface area contributed by atoms with E-state index in [1.54, 1.807) is 36.5 Å². The average Bonchev–Trinajstić information content (AvgIpc) is 3.21. The molecule has 30 heavy (non-hydrogen) atoms. The lowest BCUT2D eigenvalue weighted by atomic mass is 10.0. The van der Waals surface area contributed by atoms with E-state index < -0.39 is 16.1 Å². The number of carbonyl (C=O) groups is 1. The Morgan fingerprint density at radius 3 is 2.50 bits per heavy atom. The van der Waals surface area contributed by atoms with E-state index in [1.807, 2.05) is 30.3 Å². The first kappa shape index (κ1) is 20.7. The zero-order chi connectivity index (χ0) is 21.0. The molecule has 4 rings (SSSR count). The maximum absolute atomic E-state index is 13.1. The molecule has 156 valence electrons. The third kappa shape index (κ3) is 4.61. The Morgan fingerprint density at radius 2 is 1.77 bits per heavy atom. The monoisotopic (exact) mass is 441 g/mol. The fourth-order valence-electron chi connectivity index (χ4n) is 3.62. The smallest absolute Gasteiger partial charge is 0.244 e. The topological polar surface area (TPSA) is 79.4 Å². The molecule has 6 nitrogen and oxygen atoms in total. The Labute approximate surface area is 180 Å². The number of piperidine rings is 1. The van der Waals surface area contributed by atoms with Gasteiger partial charge in [-0.3, -0.25) is 4.79 Å². The van der Waals surface area contributed by atoms with Gasteiger partial charge in [0.2, 0.25) is 15.9 Å². The molecular formula is C22H23N3O3S2. The van der Waals surface area contributed by atoms with Crippen LogP contribution in [0.25, 0.3) is 0 Å². The second-order valence-corrected chi connectivity index (χ2v) is 10.2. The predicted octanol–water partition coefficient (Wildman–Crippen LogP) is 3.92. The van der Waals surface area contributed by atoms with Crippen molar-refractivity contribution >= 4 is 32.4 Å². The van der Waals surface area contributed by atoms with Crippen LogP contribution in [0.15, 0.2) is 71.8 Å². The van der Waals surface area contributed by atoms with E-state index in [0.29, 0.717) is 18.1 Å². The predicted molar refractivity (Wildman–Crippen MR) is 118 cm³/mol. The van der Waals surface area contributed by atoms with Gasteiger partial charge in [-0.25, -0.2) is 13.4 Å². The molecule has 8 heteroatoms. The van der Waals surface area contributed by atoms with Crippen LogP contribution in [0, 0.1) is 0 Å². The molecule has 1 atom stereocenters. The SMILES string of the molecule is O=C(Nc1ncc(Cc2ccccc2)s1)C1CCCCN1S(=O)(=O)c1ccccc1. The molecule has 1 N–H and O–H groups in total. The third-order valence-corrected chi connectivity index (χ3v) is 7.95. The molecule has 0 aliphatic carbocycles. The van der Waals surface area contributed by atoms with Crippen LogP contribution in [0.2, 0.25) is 0 Å². The van der Waals surface area contributed by atoms with Crippen molar-refractivity contribution in [3.05, 3.63) is 77.3 Å². The summed E-state index contributed by atoms with van der Waals surface area (Å²) in [7, 11) is -3.73. The van der Waals surface area contributed by atoms with Crippen LogP contribution in [0.1, 0.15) is 29.7 Å². The van der Waals surface area contributed by atoms with Gasteiger partial charge >= 0.3 is 0 Å². The Balaban J connectivity index is 1.48. The highest BCUT2D eigenvalue weighted by Gasteiger charge is 2.37. The zero-order valence-electron chi connectivity index (χ0n) is 16.4. The summed E-state index contributed by atoms with van der Waals surface area (Å²) >= 11 is 1.41. The molecule has 0 radical (unpaired) electrons. The molecule has 0 spiro atoms. The first-order chi connectivity index (χ1) is 14.5. The van der Waals surface area contributed by atoms with E-state index in [-0.39, 0.29) is 10.8 Å². The normalized spacial score (nSPS) is 17.5. The van der Waals surface area contributed by atoms with Crippen LogP contribution in [0.4, 0.5) is 5.13 Å². The number of aromatic nitrogens is 1. The number of hydrogen-bond acceptors (Lipinski definition) is 5. The van der Waals surface area contributed by atoms with Crippen molar-refractivity contribution < 1.29 is 13.2 Å². The molecule has 1 aliphatic rings. The Kier molecular flexibility index (Phi) is 6.26. The number of thiazole rings is 1. The molecule has 1 aliphatic heterocycles. The first-order valence-electron chi connectivity index (χ1n) is 9.90. The van der Waals surface area contributed by atoms with Gasteiger partial charge in [0, 0.05) is 24.0 Å². The van der Waals surface area contributed by atoms with E-state index in [1.165, 1.54) is 21.2 Å². The summed E-state index contributed by atoms with van der Waals surface area (Å²) < 4.78 is 27.5. The lowest BCUT2D eigenvalue weighted by Gasteiger charge is -2.33. The number of hydrogen-bond donors (Lipinski definition) is 1. The minimum absolute atomic E-state index is 0.212. The highest BCUT2D eigenvalue weighted by atomic mass is 32.2. The third-order valence-electron chi connectivity index (χ3n) is 5.11. The van der Waals surface area contributed by atoms with E-state index in [9.17, 15) is 13.2 Å². The van der Waals surface area contributed by atoms with Gasteiger partial charge < -0.3 is 5.32 Å². The molecule has 2 aromatic carbocycles. The van der Waals surface area contributed by atoms with E-state index in [0.717, 1.165) is 24.1 Å². The van der Waals surface area contributed by atoms with Crippen LogP contribution in [-0.4, -0.2) is 36.2 Å². The Morgan fingerprint density at radius 1 is 1.07 bits per heavy atom. The van der Waals surface area contributed by atoms with Crippen LogP contribution in [-0.2, 0) is 21.2 Å². The van der Waals surface area contributed by atoms with Crippen LogP contribution >= 0.6 is 11.3 Å². The molecule has 1 saturated heterocycles. The highest BCUT2D eigenvalue weighted by molar-refractivity contribution is 7.89. The maximum Gasteiger partial charge on any atom is 0.244 e. The molecule has 2 heterocycles. The first-order valence-corrected chi connectivity index (χ1v) is 12.2. The minimum Gasteiger partial charge on any atom is -0.301 e. The molecule has 1 unspecified atom stereocenters. The summed E-state index contributed by atoms with van der Waals surface area (Å²) in [4.78, 5) is 18.5. The Bertz CT molecular complexity index is 1100. The largest absolute Gasteiger partial charge is 0.301 e. The Hall–Kier alpha value is -2.55. The van der Waals surface area contributed by atoms with E-state index in [4.69, 9.17) is 0 Å². The maximum atomic E-state index is 13.1. The summed E-state index contributed by atoms with van der Waals surface area (Å²) in [5.41, 5.74) is 1.17. The summed E-state index contributed by atoms with van der Waals surface area (Å²) in [6, 6.07) is 17.6. The number of benzene rings is 2. The molecule has 0 saturated carbocycles. The summed E-state index contributed by atoms with van der Waals surface area (Å²) in [5.74, 6) is -0.324. The molecule has 1 amide bonds. The van der Waals surface area contributed by atoms with E-state index >= 15 is 0 Å². The standard InChI is InChI=1S/C22H23N3O3S2/c26-21(24-22-23-16-18(29-22)15-17-9-3-1-4-10-17)20-13-7-8-14-25(20)30(27,28)19-11-5-2-6-12-19/h1-6,9-12,16,20H,7-8,13-15H2,(H,23,24,26). The molecule has 1 fully saturated rings. The lowest BCUT2D eigenvalue weighted by Crippen LogP contribution is -2.49. The number of nitrogens with zero attached hydrogens (tertiary/aromatic N) is 2. The van der Waals surface area contributed by atoms with Gasteiger partial charge in [0.05, 0.1) is 4.90 Å². The van der Waals surface area contributed by atoms with Gasteiger partial charge in [-0.15, -0.1) is 11.3 Å². The average molecular weight is 442 g/mol. The molecular weight excluding hydrogens is 418 g/mol. The van der Waals surface area contributed by atoms with Crippen LogP contribution < -0.4 is 5.32 Å². The van der Waals surface area contributed by atoms with Crippen molar-refractivity contribution in [2.75, 3.05) is 11.9 Å². The number of carbonyl (C=O) groups excluding carboxylic acids is 1. The molecule has 0 bridgehead atoms. The number of nitrogens with one attached hydrogen (secondary N) is 1. The van der Waals surface area contributed by atoms with Crippen molar-refractivity contribution in [3.8, 4) is 0 Å². The molecule has 3 aromatic rings. The number of anilines is 1. The highest BCUT2D eigenvalue weighted by Crippen LogP contribution is 2.27. The van der Waals surface area contributed by atoms with Crippen molar-refractivity contribution in [3.63, 3.8) is 0 Å². The fraction of sp³-hybridized carbons (Fsp3) is 0.273. The van der Waals surface area contributed by atoms with Crippen molar-refractivity contribution in [1.82, 2.24) is 9.29 Å². The van der Waals surface area contributed by atoms with E-state index in [2.05, 4.69) is 10.3 Å². The van der Waals surface area contributed by atoms with Gasteiger partial charge in [-0.1, -0.05) is 55.0 Å². The summed E-state index contributed by atoms with van der Waals surface area (Å²) in [5, 5.41) is 3.33. The van der Waals surface area contributed by atoms with Crippen molar-refractivity contribution in [2.24, 2.45) is 0 Å². The summed E-state index contributed by atoms with van der Waals surface area (Å²) in [6.07, 6.45) is 4.56. The van der Waals surface area contributed by atoms with Crippen molar-refractivity contribution in [1.29, 1.82) is 0 Å². The second kappa shape index (κ2) is 9.07. The molecule has 1 aromatic heterocycles. The van der Waals surface area contributed by atoms with Crippen LogP contribution in [0.5, 0.6) is 0 Å². The van der Waals surface area contributed by atoms with Gasteiger partial charge in [0.15, 0.2) is 5.13 Å². The lowest BCUT2D eigenvalue weighted by molar-refractivity contribution is -0.120. The van der Waals surface area contributed by atoms with Gasteiger partial charge in [-0.05, 0) is 30.5 Å². The number of amides is 1. The van der Waals surface area contributed by atoms with Crippen LogP contribution in [0.3, 0.4) is 0 Å². The zero-order valence-corrected chi connectivity index (χ0v) is 18.0. The number of sulfonamides is 1. The van der Waals surface area contributed by atoms with Gasteiger partial charge in [-0.2, -0.15) is 4.31 Å². The number of rotatable bonds is 6. The minimum atomic E-state index is -3.73.